The smallest absolute Gasteiger partial charge is 0.270 e. The summed E-state index contributed by atoms with van der Waals surface area (Å²) < 4.78 is 1.39. The van der Waals surface area contributed by atoms with Crippen molar-refractivity contribution in [3.8, 4) is 0 Å². The lowest BCUT2D eigenvalue weighted by atomic mass is 10.2. The van der Waals surface area contributed by atoms with Crippen molar-refractivity contribution in [2.45, 2.75) is 0 Å². The highest BCUT2D eigenvalue weighted by molar-refractivity contribution is 5.94. The Hall–Kier alpha value is -1.92. The number of carbonyl (C=O) groups is 1. The lowest BCUT2D eigenvalue weighted by molar-refractivity contribution is -0.384. The van der Waals surface area contributed by atoms with Gasteiger partial charge < -0.3 is 5.73 Å². The maximum Gasteiger partial charge on any atom is 0.270 e. The third kappa shape index (κ3) is 2.27. The van der Waals surface area contributed by atoms with Crippen molar-refractivity contribution in [2.24, 2.45) is 5.73 Å². The van der Waals surface area contributed by atoms with Crippen LogP contribution >= 0.6 is 12.4 Å². The van der Waals surface area contributed by atoms with E-state index in [1.165, 1.54) is 16.7 Å². The van der Waals surface area contributed by atoms with Crippen molar-refractivity contribution in [3.63, 3.8) is 0 Å². The fourth-order valence-corrected chi connectivity index (χ4v) is 1.56. The van der Waals surface area contributed by atoms with Crippen LogP contribution < -0.4 is 5.73 Å². The Bertz CT molecular complexity index is 579. The fraction of sp³-hybridized carbons (Fsp3) is 0.100. The molecule has 2 aromatic rings. The molecule has 1 heterocycles. The van der Waals surface area contributed by atoms with Crippen molar-refractivity contribution >= 4 is 34.9 Å². The number of carbonyl (C=O) groups excluding carboxylic acids is 1. The van der Waals surface area contributed by atoms with Crippen molar-refractivity contribution in [1.29, 1.82) is 0 Å². The number of hydrogen-bond donors (Lipinski definition) is 1. The number of benzene rings is 1. The number of nitro groups is 1. The first-order valence-electron chi connectivity index (χ1n) is 4.62. The van der Waals surface area contributed by atoms with E-state index >= 15 is 0 Å². The Balaban J connectivity index is 0.00000144. The number of nitrogens with two attached hydrogens (primary N) is 1. The lowest BCUT2D eigenvalue weighted by Gasteiger charge is -2.00. The molecule has 0 saturated heterocycles. The molecule has 0 saturated carbocycles. The summed E-state index contributed by atoms with van der Waals surface area (Å²) in [4.78, 5) is 21.5. The SMILES string of the molecule is Cl.NCC(=O)n1ccc2cc([N+](=O)[O-])ccc21. The predicted molar refractivity (Wildman–Crippen MR) is 65.5 cm³/mol. The van der Waals surface area contributed by atoms with Gasteiger partial charge in [0.15, 0.2) is 0 Å². The zero-order valence-electron chi connectivity index (χ0n) is 8.70. The third-order valence-corrected chi connectivity index (χ3v) is 2.33. The molecule has 17 heavy (non-hydrogen) atoms. The van der Waals surface area contributed by atoms with Gasteiger partial charge >= 0.3 is 0 Å². The molecule has 7 heteroatoms. The van der Waals surface area contributed by atoms with Crippen molar-refractivity contribution in [1.82, 2.24) is 4.57 Å². The number of halogens is 1. The first kappa shape index (κ1) is 13.1. The number of hydrogen-bond acceptors (Lipinski definition) is 4. The second-order valence-electron chi connectivity index (χ2n) is 3.28. The molecular formula is C10H10ClN3O3. The van der Waals surface area contributed by atoms with Crippen molar-refractivity contribution in [3.05, 3.63) is 40.6 Å². The number of non-ortho nitro benzene ring substituents is 1. The number of aromatic nitrogens is 1. The minimum Gasteiger partial charge on any atom is -0.322 e. The molecule has 0 radical (unpaired) electrons. The summed E-state index contributed by atoms with van der Waals surface area (Å²) in [7, 11) is 0. The summed E-state index contributed by atoms with van der Waals surface area (Å²) in [6.45, 7) is -0.0965. The van der Waals surface area contributed by atoms with Crippen LogP contribution in [0, 0.1) is 10.1 Å². The summed E-state index contributed by atoms with van der Waals surface area (Å²) in [6.07, 6.45) is 1.56. The van der Waals surface area contributed by atoms with Crippen LogP contribution in [0.4, 0.5) is 5.69 Å². The van der Waals surface area contributed by atoms with E-state index in [2.05, 4.69) is 0 Å². The van der Waals surface area contributed by atoms with Gasteiger partial charge in [-0.05, 0) is 12.1 Å². The van der Waals surface area contributed by atoms with E-state index in [1.54, 1.807) is 18.3 Å². The average Bonchev–Trinajstić information content (AvgIpc) is 2.70. The predicted octanol–water partition coefficient (Wildman–Crippen LogP) is 1.57. The van der Waals surface area contributed by atoms with Crippen LogP contribution in [0.2, 0.25) is 0 Å². The Labute approximate surface area is 103 Å². The highest BCUT2D eigenvalue weighted by Crippen LogP contribution is 2.21. The minimum atomic E-state index is -0.471. The van der Waals surface area contributed by atoms with Gasteiger partial charge in [-0.1, -0.05) is 0 Å². The summed E-state index contributed by atoms with van der Waals surface area (Å²) in [5.74, 6) is -0.246. The molecule has 0 atom stereocenters. The third-order valence-electron chi connectivity index (χ3n) is 2.33. The van der Waals surface area contributed by atoms with E-state index in [0.717, 1.165) is 0 Å². The molecule has 0 spiro atoms. The van der Waals surface area contributed by atoms with Gasteiger partial charge in [0, 0.05) is 23.7 Å². The molecule has 0 aliphatic rings. The van der Waals surface area contributed by atoms with E-state index in [4.69, 9.17) is 5.73 Å². The molecule has 0 fully saturated rings. The van der Waals surface area contributed by atoms with Gasteiger partial charge in [0.05, 0.1) is 17.0 Å². The zero-order valence-corrected chi connectivity index (χ0v) is 9.52. The highest BCUT2D eigenvalue weighted by Gasteiger charge is 2.11. The fourth-order valence-electron chi connectivity index (χ4n) is 1.56. The molecule has 0 amide bonds. The molecule has 0 unspecified atom stereocenters. The number of nitrogens with zero attached hydrogens (tertiary/aromatic N) is 2. The Morgan fingerprint density at radius 1 is 1.41 bits per heavy atom. The monoisotopic (exact) mass is 255 g/mol. The van der Waals surface area contributed by atoms with E-state index in [9.17, 15) is 14.9 Å². The maximum absolute atomic E-state index is 11.4. The van der Waals surface area contributed by atoms with Gasteiger partial charge in [0.2, 0.25) is 5.91 Å². The summed E-state index contributed by atoms with van der Waals surface area (Å²) in [5, 5.41) is 11.2. The summed E-state index contributed by atoms with van der Waals surface area (Å²) in [6, 6.07) is 5.98. The maximum atomic E-state index is 11.4. The van der Waals surface area contributed by atoms with Gasteiger partial charge in [0.1, 0.15) is 0 Å². The van der Waals surface area contributed by atoms with Crippen molar-refractivity contribution < 1.29 is 9.72 Å². The second-order valence-corrected chi connectivity index (χ2v) is 3.28. The Morgan fingerprint density at radius 2 is 2.12 bits per heavy atom. The first-order valence-corrected chi connectivity index (χ1v) is 4.62. The van der Waals surface area contributed by atoms with Gasteiger partial charge in [0.25, 0.3) is 5.69 Å². The topological polar surface area (TPSA) is 91.2 Å². The van der Waals surface area contributed by atoms with E-state index in [1.807, 2.05) is 0 Å². The Kier molecular flexibility index (Phi) is 3.82. The van der Waals surface area contributed by atoms with Crippen LogP contribution in [0.1, 0.15) is 4.79 Å². The molecule has 1 aromatic carbocycles. The molecular weight excluding hydrogens is 246 g/mol. The summed E-state index contributed by atoms with van der Waals surface area (Å²) >= 11 is 0. The minimum absolute atomic E-state index is 0. The number of fused-ring (bicyclic) bond motifs is 1. The van der Waals surface area contributed by atoms with E-state index < -0.39 is 4.92 Å². The first-order chi connectivity index (χ1) is 7.63. The largest absolute Gasteiger partial charge is 0.322 e. The standard InChI is InChI=1S/C10H9N3O3.ClH/c11-6-10(14)12-4-3-7-5-8(13(15)16)1-2-9(7)12;/h1-5H,6,11H2;1H. The van der Waals surface area contributed by atoms with Crippen LogP contribution in [0.25, 0.3) is 10.9 Å². The molecule has 0 bridgehead atoms. The second kappa shape index (κ2) is 4.94. The molecule has 2 N–H and O–H groups in total. The van der Waals surface area contributed by atoms with Crippen LogP contribution in [0.15, 0.2) is 30.5 Å². The number of nitro benzene ring substituents is 1. The Morgan fingerprint density at radius 3 is 2.71 bits per heavy atom. The molecule has 0 aliphatic carbocycles. The highest BCUT2D eigenvalue weighted by atomic mass is 35.5. The lowest BCUT2D eigenvalue weighted by Crippen LogP contribution is -2.19. The quantitative estimate of drug-likeness (QED) is 0.651. The van der Waals surface area contributed by atoms with Crippen LogP contribution in [0.3, 0.4) is 0 Å². The van der Waals surface area contributed by atoms with Crippen LogP contribution in [0.5, 0.6) is 0 Å². The van der Waals surface area contributed by atoms with Crippen LogP contribution in [-0.4, -0.2) is 21.9 Å². The van der Waals surface area contributed by atoms with Crippen LogP contribution in [-0.2, 0) is 0 Å². The molecule has 1 aromatic heterocycles. The molecule has 90 valence electrons. The van der Waals surface area contributed by atoms with Gasteiger partial charge in [-0.3, -0.25) is 19.5 Å². The molecule has 0 aliphatic heterocycles. The molecule has 2 rings (SSSR count). The van der Waals surface area contributed by atoms with Gasteiger partial charge in [-0.25, -0.2) is 0 Å². The van der Waals surface area contributed by atoms with E-state index in [0.29, 0.717) is 10.9 Å². The average molecular weight is 256 g/mol. The zero-order chi connectivity index (χ0) is 11.7. The molecule has 6 nitrogen and oxygen atoms in total. The number of rotatable bonds is 2. The normalized spacial score (nSPS) is 9.94. The van der Waals surface area contributed by atoms with Gasteiger partial charge in [-0.15, -0.1) is 12.4 Å². The van der Waals surface area contributed by atoms with Crippen molar-refractivity contribution in [2.75, 3.05) is 6.54 Å². The summed E-state index contributed by atoms with van der Waals surface area (Å²) in [5.41, 5.74) is 5.88. The van der Waals surface area contributed by atoms with E-state index in [-0.39, 0.29) is 30.5 Å². The van der Waals surface area contributed by atoms with Gasteiger partial charge in [-0.2, -0.15) is 0 Å².